The summed E-state index contributed by atoms with van der Waals surface area (Å²) in [4.78, 5) is 2.63. The molecule has 0 atom stereocenters. The smallest absolute Gasteiger partial charge is 0.119 e. The van der Waals surface area contributed by atoms with Gasteiger partial charge in [0.2, 0.25) is 0 Å². The first-order valence-electron chi connectivity index (χ1n) is 7.95. The lowest BCUT2D eigenvalue weighted by molar-refractivity contribution is 0.266. The standard InChI is InChI=1S/C17H26ClNO/c18-16-8-10-17(11-9-16)20-15-7-3-6-14-19-12-4-1-2-5-13-19/h8-11H,1-7,12-15H2. The molecule has 0 unspecified atom stereocenters. The predicted molar refractivity (Wildman–Crippen MR) is 85.7 cm³/mol. The molecular formula is C17H26ClNO. The van der Waals surface area contributed by atoms with Gasteiger partial charge in [-0.3, -0.25) is 0 Å². The number of hydrogen-bond donors (Lipinski definition) is 0. The number of nitrogens with zero attached hydrogens (tertiary/aromatic N) is 1. The Morgan fingerprint density at radius 3 is 2.30 bits per heavy atom. The van der Waals surface area contributed by atoms with Crippen molar-refractivity contribution in [3.8, 4) is 5.75 Å². The molecule has 0 aliphatic carbocycles. The van der Waals surface area contributed by atoms with Crippen LogP contribution in [-0.2, 0) is 0 Å². The molecule has 2 rings (SSSR count). The van der Waals surface area contributed by atoms with Crippen molar-refractivity contribution in [1.82, 2.24) is 4.90 Å². The van der Waals surface area contributed by atoms with E-state index in [4.69, 9.17) is 16.3 Å². The number of halogens is 1. The number of hydrogen-bond acceptors (Lipinski definition) is 2. The first-order chi connectivity index (χ1) is 9.84. The lowest BCUT2D eigenvalue weighted by Crippen LogP contribution is -2.25. The lowest BCUT2D eigenvalue weighted by atomic mass is 10.2. The van der Waals surface area contributed by atoms with Crippen molar-refractivity contribution in [3.63, 3.8) is 0 Å². The van der Waals surface area contributed by atoms with Crippen LogP contribution < -0.4 is 4.74 Å². The Morgan fingerprint density at radius 1 is 0.900 bits per heavy atom. The SMILES string of the molecule is Clc1ccc(OCCCCCN2CCCCCC2)cc1. The number of likely N-dealkylation sites (tertiary alicyclic amines) is 1. The van der Waals surface area contributed by atoms with Gasteiger partial charge in [-0.2, -0.15) is 0 Å². The van der Waals surface area contributed by atoms with Gasteiger partial charge in [0.15, 0.2) is 0 Å². The van der Waals surface area contributed by atoms with Crippen molar-refractivity contribution >= 4 is 11.6 Å². The van der Waals surface area contributed by atoms with Gasteiger partial charge in [-0.1, -0.05) is 24.4 Å². The first-order valence-corrected chi connectivity index (χ1v) is 8.33. The van der Waals surface area contributed by atoms with E-state index in [0.717, 1.165) is 23.8 Å². The maximum Gasteiger partial charge on any atom is 0.119 e. The van der Waals surface area contributed by atoms with Crippen LogP contribution >= 0.6 is 11.6 Å². The predicted octanol–water partition coefficient (Wildman–Crippen LogP) is 4.77. The molecule has 1 aliphatic heterocycles. The highest BCUT2D eigenvalue weighted by molar-refractivity contribution is 6.30. The lowest BCUT2D eigenvalue weighted by Gasteiger charge is -2.19. The second-order valence-electron chi connectivity index (χ2n) is 5.62. The minimum atomic E-state index is 0.759. The van der Waals surface area contributed by atoms with Crippen LogP contribution in [0.5, 0.6) is 5.75 Å². The van der Waals surface area contributed by atoms with Crippen LogP contribution in [0.4, 0.5) is 0 Å². The van der Waals surface area contributed by atoms with Crippen molar-refractivity contribution < 1.29 is 4.74 Å². The third-order valence-corrected chi connectivity index (χ3v) is 4.15. The molecule has 1 aliphatic rings. The molecule has 1 aromatic carbocycles. The third kappa shape index (κ3) is 6.15. The van der Waals surface area contributed by atoms with E-state index in [1.165, 1.54) is 58.2 Å². The fourth-order valence-corrected chi connectivity index (χ4v) is 2.82. The van der Waals surface area contributed by atoms with Gasteiger partial charge in [0.25, 0.3) is 0 Å². The van der Waals surface area contributed by atoms with Gasteiger partial charge < -0.3 is 9.64 Å². The third-order valence-electron chi connectivity index (χ3n) is 3.90. The summed E-state index contributed by atoms with van der Waals surface area (Å²) in [5.74, 6) is 0.918. The van der Waals surface area contributed by atoms with E-state index in [2.05, 4.69) is 4.90 Å². The highest BCUT2D eigenvalue weighted by Gasteiger charge is 2.07. The Morgan fingerprint density at radius 2 is 1.60 bits per heavy atom. The van der Waals surface area contributed by atoms with E-state index in [9.17, 15) is 0 Å². The Kier molecular flexibility index (Phi) is 7.24. The fraction of sp³-hybridized carbons (Fsp3) is 0.647. The zero-order chi connectivity index (χ0) is 14.0. The average molecular weight is 296 g/mol. The van der Waals surface area contributed by atoms with E-state index in [0.29, 0.717) is 0 Å². The Bertz CT molecular complexity index is 358. The molecule has 0 amide bonds. The van der Waals surface area contributed by atoms with Gasteiger partial charge in [0.1, 0.15) is 5.75 Å². The van der Waals surface area contributed by atoms with Crippen LogP contribution in [0.15, 0.2) is 24.3 Å². The van der Waals surface area contributed by atoms with E-state index >= 15 is 0 Å². The van der Waals surface area contributed by atoms with E-state index in [-0.39, 0.29) is 0 Å². The fourth-order valence-electron chi connectivity index (χ4n) is 2.69. The van der Waals surface area contributed by atoms with E-state index in [1.807, 2.05) is 24.3 Å². The Hall–Kier alpha value is -0.730. The summed E-state index contributed by atoms with van der Waals surface area (Å²) in [6, 6.07) is 7.60. The largest absolute Gasteiger partial charge is 0.494 e. The minimum absolute atomic E-state index is 0.759. The van der Waals surface area contributed by atoms with Gasteiger partial charge in [-0.25, -0.2) is 0 Å². The molecule has 0 radical (unpaired) electrons. The Balaban J connectivity index is 1.50. The molecule has 0 N–H and O–H groups in total. The number of ether oxygens (including phenoxy) is 1. The molecule has 112 valence electrons. The molecule has 1 fully saturated rings. The molecule has 2 nitrogen and oxygen atoms in total. The number of benzene rings is 1. The molecule has 0 bridgehead atoms. The van der Waals surface area contributed by atoms with E-state index in [1.54, 1.807) is 0 Å². The van der Waals surface area contributed by atoms with Gasteiger partial charge in [-0.05, 0) is 76.0 Å². The molecular weight excluding hydrogens is 270 g/mol. The van der Waals surface area contributed by atoms with Gasteiger partial charge >= 0.3 is 0 Å². The van der Waals surface area contributed by atoms with Gasteiger partial charge in [0, 0.05) is 5.02 Å². The molecule has 0 saturated carbocycles. The zero-order valence-corrected chi connectivity index (χ0v) is 13.1. The van der Waals surface area contributed by atoms with Crippen LogP contribution in [0, 0.1) is 0 Å². The number of rotatable bonds is 7. The summed E-state index contributed by atoms with van der Waals surface area (Å²) >= 11 is 5.84. The van der Waals surface area contributed by atoms with Crippen LogP contribution in [0.2, 0.25) is 5.02 Å². The van der Waals surface area contributed by atoms with Crippen molar-refractivity contribution in [2.24, 2.45) is 0 Å². The molecule has 1 heterocycles. The normalized spacial score (nSPS) is 16.9. The minimum Gasteiger partial charge on any atom is -0.494 e. The summed E-state index contributed by atoms with van der Waals surface area (Å²) in [5.41, 5.74) is 0. The summed E-state index contributed by atoms with van der Waals surface area (Å²) in [7, 11) is 0. The quantitative estimate of drug-likeness (QED) is 0.672. The van der Waals surface area contributed by atoms with Crippen molar-refractivity contribution in [3.05, 3.63) is 29.3 Å². The van der Waals surface area contributed by atoms with Crippen LogP contribution in [0.1, 0.15) is 44.9 Å². The maximum atomic E-state index is 5.84. The summed E-state index contributed by atoms with van der Waals surface area (Å²) in [6.45, 7) is 4.69. The van der Waals surface area contributed by atoms with E-state index < -0.39 is 0 Å². The first kappa shape index (κ1) is 15.7. The average Bonchev–Trinajstić information content (AvgIpc) is 2.73. The second-order valence-corrected chi connectivity index (χ2v) is 6.06. The summed E-state index contributed by atoms with van der Waals surface area (Å²) < 4.78 is 5.70. The topological polar surface area (TPSA) is 12.5 Å². The summed E-state index contributed by atoms with van der Waals surface area (Å²) in [5, 5.41) is 0.759. The molecule has 1 saturated heterocycles. The van der Waals surface area contributed by atoms with Crippen LogP contribution in [0.25, 0.3) is 0 Å². The molecule has 3 heteroatoms. The maximum absolute atomic E-state index is 5.84. The van der Waals surface area contributed by atoms with Crippen molar-refractivity contribution in [1.29, 1.82) is 0 Å². The zero-order valence-electron chi connectivity index (χ0n) is 12.3. The monoisotopic (exact) mass is 295 g/mol. The molecule has 20 heavy (non-hydrogen) atoms. The van der Waals surface area contributed by atoms with Crippen molar-refractivity contribution in [2.45, 2.75) is 44.9 Å². The van der Waals surface area contributed by atoms with Crippen LogP contribution in [-0.4, -0.2) is 31.1 Å². The second kappa shape index (κ2) is 9.25. The molecule has 1 aromatic rings. The number of unbranched alkanes of at least 4 members (excludes halogenated alkanes) is 2. The van der Waals surface area contributed by atoms with Crippen molar-refractivity contribution in [2.75, 3.05) is 26.2 Å². The van der Waals surface area contributed by atoms with Crippen LogP contribution in [0.3, 0.4) is 0 Å². The molecule has 0 aromatic heterocycles. The van der Waals surface area contributed by atoms with Gasteiger partial charge in [-0.15, -0.1) is 0 Å². The molecule has 0 spiro atoms. The highest BCUT2D eigenvalue weighted by Crippen LogP contribution is 2.16. The highest BCUT2D eigenvalue weighted by atomic mass is 35.5. The van der Waals surface area contributed by atoms with Gasteiger partial charge in [0.05, 0.1) is 6.61 Å². The summed E-state index contributed by atoms with van der Waals surface area (Å²) in [6.07, 6.45) is 9.31. The Labute approximate surface area is 128 Å².